The van der Waals surface area contributed by atoms with Crippen LogP contribution in [0.5, 0.6) is 0 Å². The number of nitrogens with two attached hydrogens (primary N) is 1. The first-order chi connectivity index (χ1) is 9.11. The van der Waals surface area contributed by atoms with Crippen molar-refractivity contribution in [2.24, 2.45) is 5.73 Å². The molecule has 0 aromatic rings. The maximum atomic E-state index is 11.8. The van der Waals surface area contributed by atoms with Crippen LogP contribution in [0.4, 0.5) is 0 Å². The predicted octanol–water partition coefficient (Wildman–Crippen LogP) is 0.483. The number of hydrogen-bond donors (Lipinski definition) is 2. The highest BCUT2D eigenvalue weighted by Gasteiger charge is 2.42. The second kappa shape index (κ2) is 6.20. The molecule has 3 N–H and O–H groups in total. The number of primary amides is 1. The molecule has 2 fully saturated rings. The van der Waals surface area contributed by atoms with Gasteiger partial charge >= 0.3 is 0 Å². The van der Waals surface area contributed by atoms with Crippen molar-refractivity contribution in [2.75, 3.05) is 27.2 Å². The van der Waals surface area contributed by atoms with Crippen LogP contribution in [-0.4, -0.2) is 55.7 Å². The van der Waals surface area contributed by atoms with Gasteiger partial charge in [0.25, 0.3) is 0 Å². The Hall–Kier alpha value is -0.650. The zero-order valence-corrected chi connectivity index (χ0v) is 12.2. The Balaban J connectivity index is 2.02. The van der Waals surface area contributed by atoms with Crippen molar-refractivity contribution in [3.63, 3.8) is 0 Å². The van der Waals surface area contributed by atoms with Gasteiger partial charge in [-0.1, -0.05) is 0 Å². The number of hydrogen-bond acceptors (Lipinski definition) is 4. The normalized spacial score (nSPS) is 37.2. The number of rotatable bonds is 4. The third-order valence-electron chi connectivity index (χ3n) is 4.93. The van der Waals surface area contributed by atoms with Crippen LogP contribution in [0.15, 0.2) is 0 Å². The summed E-state index contributed by atoms with van der Waals surface area (Å²) in [4.78, 5) is 14.3. The van der Waals surface area contributed by atoms with Crippen molar-refractivity contribution in [1.29, 1.82) is 0 Å². The van der Waals surface area contributed by atoms with E-state index in [4.69, 9.17) is 10.5 Å². The number of piperidine rings is 1. The molecule has 2 aliphatic rings. The van der Waals surface area contributed by atoms with E-state index >= 15 is 0 Å². The maximum Gasteiger partial charge on any atom is 0.237 e. The van der Waals surface area contributed by atoms with E-state index in [2.05, 4.69) is 10.2 Å². The van der Waals surface area contributed by atoms with Gasteiger partial charge in [-0.05, 0) is 52.1 Å². The van der Waals surface area contributed by atoms with E-state index in [1.807, 2.05) is 7.05 Å². The van der Waals surface area contributed by atoms with E-state index in [9.17, 15) is 4.79 Å². The topological polar surface area (TPSA) is 67.6 Å². The average Bonchev–Trinajstić information content (AvgIpc) is 2.47. The summed E-state index contributed by atoms with van der Waals surface area (Å²) in [7, 11) is 3.64. The lowest BCUT2D eigenvalue weighted by Gasteiger charge is -2.45. The first-order valence-corrected chi connectivity index (χ1v) is 7.37. The summed E-state index contributed by atoms with van der Waals surface area (Å²) in [6.45, 7) is 2.10. The summed E-state index contributed by atoms with van der Waals surface area (Å²) < 4.78 is 5.49. The van der Waals surface area contributed by atoms with Crippen LogP contribution in [0.3, 0.4) is 0 Å². The number of likely N-dealkylation sites (N-methyl/N-ethyl adjacent to an activating group) is 1. The molecule has 1 aliphatic heterocycles. The largest absolute Gasteiger partial charge is 0.380 e. The highest BCUT2D eigenvalue weighted by atomic mass is 16.5. The molecule has 0 aromatic carbocycles. The van der Waals surface area contributed by atoms with Crippen LogP contribution < -0.4 is 11.1 Å². The Morgan fingerprint density at radius 3 is 2.84 bits per heavy atom. The van der Waals surface area contributed by atoms with E-state index < -0.39 is 5.54 Å². The molecule has 0 radical (unpaired) electrons. The number of amides is 1. The minimum absolute atomic E-state index is 0.208. The summed E-state index contributed by atoms with van der Waals surface area (Å²) >= 11 is 0. The van der Waals surface area contributed by atoms with Crippen molar-refractivity contribution in [2.45, 2.75) is 56.2 Å². The molecular weight excluding hydrogens is 242 g/mol. The van der Waals surface area contributed by atoms with Crippen LogP contribution in [0.1, 0.15) is 38.5 Å². The third kappa shape index (κ3) is 3.09. The number of carbonyl (C=O) groups excluding carboxylic acids is 1. The minimum Gasteiger partial charge on any atom is -0.380 e. The smallest absolute Gasteiger partial charge is 0.237 e. The monoisotopic (exact) mass is 269 g/mol. The van der Waals surface area contributed by atoms with Crippen molar-refractivity contribution < 1.29 is 9.53 Å². The number of ether oxygens (including phenoxy) is 1. The number of likely N-dealkylation sites (tertiary alicyclic amines) is 1. The molecule has 3 unspecified atom stereocenters. The maximum absolute atomic E-state index is 11.8. The van der Waals surface area contributed by atoms with Crippen molar-refractivity contribution >= 4 is 5.91 Å². The third-order valence-corrected chi connectivity index (χ3v) is 4.93. The molecule has 3 atom stereocenters. The van der Waals surface area contributed by atoms with Gasteiger partial charge in [0.15, 0.2) is 0 Å². The van der Waals surface area contributed by atoms with Gasteiger partial charge in [0.1, 0.15) is 0 Å². The first kappa shape index (κ1) is 14.8. The highest BCUT2D eigenvalue weighted by molar-refractivity contribution is 5.84. The van der Waals surface area contributed by atoms with Crippen molar-refractivity contribution in [3.8, 4) is 0 Å². The summed E-state index contributed by atoms with van der Waals surface area (Å²) in [6, 6.07) is 0.451. The summed E-state index contributed by atoms with van der Waals surface area (Å²) in [5.74, 6) is -0.208. The quantitative estimate of drug-likeness (QED) is 0.779. The molecule has 1 aliphatic carbocycles. The Kier molecular flexibility index (Phi) is 4.81. The molecule has 5 nitrogen and oxygen atoms in total. The van der Waals surface area contributed by atoms with Crippen LogP contribution in [0.25, 0.3) is 0 Å². The molecule has 1 saturated heterocycles. The minimum atomic E-state index is -0.511. The van der Waals surface area contributed by atoms with E-state index in [0.29, 0.717) is 12.1 Å². The van der Waals surface area contributed by atoms with Gasteiger partial charge in [0.05, 0.1) is 11.6 Å². The summed E-state index contributed by atoms with van der Waals surface area (Å²) in [5.41, 5.74) is 5.10. The predicted molar refractivity (Wildman–Crippen MR) is 74.8 cm³/mol. The SMILES string of the molecule is CNC1(C(N)=O)CCCC(N2CCCC(OC)C2)C1. The van der Waals surface area contributed by atoms with Gasteiger partial charge in [-0.25, -0.2) is 0 Å². The van der Waals surface area contributed by atoms with E-state index in [-0.39, 0.29) is 5.91 Å². The van der Waals surface area contributed by atoms with Crippen LogP contribution in [-0.2, 0) is 9.53 Å². The highest BCUT2D eigenvalue weighted by Crippen LogP contribution is 2.32. The van der Waals surface area contributed by atoms with E-state index in [1.54, 1.807) is 7.11 Å². The standard InChI is InChI=1S/C14H27N3O2/c1-16-14(13(15)18)7-3-5-11(9-14)17-8-4-6-12(10-17)19-2/h11-12,16H,3-10H2,1-2H3,(H2,15,18). The lowest BCUT2D eigenvalue weighted by atomic mass is 9.77. The van der Waals surface area contributed by atoms with Gasteiger partial charge in [-0.2, -0.15) is 0 Å². The van der Waals surface area contributed by atoms with Gasteiger partial charge < -0.3 is 15.8 Å². The fraction of sp³-hybridized carbons (Fsp3) is 0.929. The Morgan fingerprint density at radius 2 is 2.21 bits per heavy atom. The molecule has 0 aromatic heterocycles. The number of methoxy groups -OCH3 is 1. The molecule has 5 heteroatoms. The van der Waals surface area contributed by atoms with Gasteiger partial charge in [0, 0.05) is 19.7 Å². The van der Waals surface area contributed by atoms with E-state index in [1.165, 1.54) is 6.42 Å². The molecule has 2 rings (SSSR count). The molecule has 19 heavy (non-hydrogen) atoms. The second-order valence-corrected chi connectivity index (χ2v) is 5.94. The van der Waals surface area contributed by atoms with Crippen molar-refractivity contribution in [3.05, 3.63) is 0 Å². The fourth-order valence-electron chi connectivity index (χ4n) is 3.62. The zero-order chi connectivity index (χ0) is 13.9. The zero-order valence-electron chi connectivity index (χ0n) is 12.2. The van der Waals surface area contributed by atoms with Gasteiger partial charge in [-0.15, -0.1) is 0 Å². The second-order valence-electron chi connectivity index (χ2n) is 5.94. The van der Waals surface area contributed by atoms with Crippen molar-refractivity contribution in [1.82, 2.24) is 10.2 Å². The fourth-order valence-corrected chi connectivity index (χ4v) is 3.62. The Labute approximate surface area is 115 Å². The van der Waals surface area contributed by atoms with E-state index in [0.717, 1.165) is 45.2 Å². The first-order valence-electron chi connectivity index (χ1n) is 7.37. The molecule has 0 bridgehead atoms. The molecule has 110 valence electrons. The molecule has 1 amide bonds. The number of carbonyl (C=O) groups is 1. The van der Waals surface area contributed by atoms with Gasteiger partial charge in [0.2, 0.25) is 5.91 Å². The molecule has 1 saturated carbocycles. The Morgan fingerprint density at radius 1 is 1.42 bits per heavy atom. The van der Waals surface area contributed by atoms with Crippen LogP contribution in [0, 0.1) is 0 Å². The van der Waals surface area contributed by atoms with Crippen LogP contribution >= 0.6 is 0 Å². The Bertz CT molecular complexity index is 324. The molecule has 0 spiro atoms. The van der Waals surface area contributed by atoms with Crippen LogP contribution in [0.2, 0.25) is 0 Å². The lowest BCUT2D eigenvalue weighted by Crippen LogP contribution is -2.60. The molecular formula is C14H27N3O2. The molecule has 1 heterocycles. The number of nitrogens with zero attached hydrogens (tertiary/aromatic N) is 1. The van der Waals surface area contributed by atoms with Gasteiger partial charge in [-0.3, -0.25) is 9.69 Å². The summed E-state index contributed by atoms with van der Waals surface area (Å²) in [6.07, 6.45) is 6.57. The average molecular weight is 269 g/mol. The number of nitrogens with one attached hydrogen (secondary N) is 1. The summed E-state index contributed by atoms with van der Waals surface area (Å²) in [5, 5.41) is 3.18. The lowest BCUT2D eigenvalue weighted by molar-refractivity contribution is -0.126.